The van der Waals surface area contributed by atoms with Gasteiger partial charge in [-0.3, -0.25) is 4.79 Å². The number of nitrogens with zero attached hydrogens (tertiary/aromatic N) is 1. The summed E-state index contributed by atoms with van der Waals surface area (Å²) in [4.78, 5) is 15.0. The number of nitrogens with two attached hydrogens (primary N) is 1. The number of piperidine rings is 1. The smallest absolute Gasteiger partial charge is 0.263 e. The molecule has 0 aromatic carbocycles. The first-order valence-corrected chi connectivity index (χ1v) is 7.49. The normalized spacial score (nSPS) is 22.5. The predicted molar refractivity (Wildman–Crippen MR) is 74.3 cm³/mol. The molecule has 2 heterocycles. The fourth-order valence-corrected chi connectivity index (χ4v) is 3.56. The van der Waals surface area contributed by atoms with Crippen molar-refractivity contribution in [2.45, 2.75) is 25.8 Å². The topological polar surface area (TPSA) is 46.3 Å². The van der Waals surface area contributed by atoms with Crippen molar-refractivity contribution in [3.05, 3.63) is 20.8 Å². The number of carbonyl (C=O) groups is 1. The van der Waals surface area contributed by atoms with Gasteiger partial charge in [0, 0.05) is 19.1 Å². The largest absolute Gasteiger partial charge is 0.338 e. The Hall–Kier alpha value is -0.390. The summed E-state index contributed by atoms with van der Waals surface area (Å²) in [6, 6.07) is 3.97. The molecule has 0 unspecified atom stereocenters. The van der Waals surface area contributed by atoms with Gasteiger partial charge in [-0.1, -0.05) is 0 Å². The highest BCUT2D eigenvalue weighted by molar-refractivity contribution is 9.11. The summed E-state index contributed by atoms with van der Waals surface area (Å²) in [5.74, 6) is 0.585. The first-order chi connectivity index (χ1) is 8.08. The minimum Gasteiger partial charge on any atom is -0.338 e. The highest BCUT2D eigenvalue weighted by Gasteiger charge is 2.26. The first-order valence-electron chi connectivity index (χ1n) is 5.88. The van der Waals surface area contributed by atoms with Crippen LogP contribution in [0.25, 0.3) is 0 Å². The highest BCUT2D eigenvalue weighted by Crippen LogP contribution is 2.26. The number of likely N-dealkylation sites (tertiary alicyclic amines) is 1. The number of amides is 1. The van der Waals surface area contributed by atoms with Crippen molar-refractivity contribution in [2.75, 3.05) is 13.1 Å². The second kappa shape index (κ2) is 5.50. The summed E-state index contributed by atoms with van der Waals surface area (Å²) in [6.07, 6.45) is 2.19. The summed E-state index contributed by atoms with van der Waals surface area (Å²) in [7, 11) is 0. The number of halogens is 1. The van der Waals surface area contributed by atoms with E-state index >= 15 is 0 Å². The van der Waals surface area contributed by atoms with E-state index < -0.39 is 0 Å². The number of carbonyl (C=O) groups excluding carboxylic acids is 1. The fraction of sp³-hybridized carbons (Fsp3) is 0.583. The molecule has 5 heteroatoms. The lowest BCUT2D eigenvalue weighted by molar-refractivity contribution is 0.0666. The standard InChI is InChI=1S/C12H17BrN2OS/c1-8(14)9-3-2-6-15(7-9)12(16)10-4-5-11(13)17-10/h4-5,8-9H,2-3,6-7,14H2,1H3/t8-,9-/m1/s1. The Kier molecular flexibility index (Phi) is 4.22. The molecule has 1 aliphatic heterocycles. The number of thiophene rings is 1. The van der Waals surface area contributed by atoms with Crippen molar-refractivity contribution in [3.63, 3.8) is 0 Å². The van der Waals surface area contributed by atoms with Crippen molar-refractivity contribution >= 4 is 33.2 Å². The van der Waals surface area contributed by atoms with Crippen LogP contribution in [0.1, 0.15) is 29.4 Å². The molecule has 0 bridgehead atoms. The summed E-state index contributed by atoms with van der Waals surface area (Å²) in [5, 5.41) is 0. The summed E-state index contributed by atoms with van der Waals surface area (Å²) >= 11 is 4.88. The van der Waals surface area contributed by atoms with Crippen molar-refractivity contribution in [1.82, 2.24) is 4.90 Å². The molecule has 1 fully saturated rings. The Morgan fingerprint density at radius 2 is 2.41 bits per heavy atom. The van der Waals surface area contributed by atoms with Crippen LogP contribution in [0.3, 0.4) is 0 Å². The molecule has 1 saturated heterocycles. The van der Waals surface area contributed by atoms with Crippen LogP contribution in [-0.2, 0) is 0 Å². The van der Waals surface area contributed by atoms with Gasteiger partial charge in [0.05, 0.1) is 8.66 Å². The van der Waals surface area contributed by atoms with Gasteiger partial charge in [0.1, 0.15) is 0 Å². The van der Waals surface area contributed by atoms with E-state index in [1.165, 1.54) is 11.3 Å². The first kappa shape index (κ1) is 13.1. The molecule has 1 aromatic rings. The molecule has 94 valence electrons. The molecule has 2 N–H and O–H groups in total. The van der Waals surface area contributed by atoms with Gasteiger partial charge in [0.25, 0.3) is 5.91 Å². The van der Waals surface area contributed by atoms with Gasteiger partial charge in [-0.05, 0) is 53.7 Å². The Morgan fingerprint density at radius 1 is 1.65 bits per heavy atom. The van der Waals surface area contributed by atoms with Crippen LogP contribution in [-0.4, -0.2) is 29.9 Å². The van der Waals surface area contributed by atoms with E-state index in [0.717, 1.165) is 34.6 Å². The average molecular weight is 317 g/mol. The number of hydrogen-bond donors (Lipinski definition) is 1. The zero-order valence-electron chi connectivity index (χ0n) is 9.86. The van der Waals surface area contributed by atoms with Crippen molar-refractivity contribution in [3.8, 4) is 0 Å². The predicted octanol–water partition coefficient (Wildman–Crippen LogP) is 2.71. The van der Waals surface area contributed by atoms with Crippen molar-refractivity contribution in [2.24, 2.45) is 11.7 Å². The van der Waals surface area contributed by atoms with Crippen LogP contribution < -0.4 is 5.73 Å². The molecule has 0 aliphatic carbocycles. The van der Waals surface area contributed by atoms with E-state index in [2.05, 4.69) is 15.9 Å². The van der Waals surface area contributed by atoms with Crippen LogP contribution in [0.15, 0.2) is 15.9 Å². The molecular formula is C12H17BrN2OS. The molecular weight excluding hydrogens is 300 g/mol. The third kappa shape index (κ3) is 3.09. The molecule has 2 atom stereocenters. The maximum absolute atomic E-state index is 12.3. The molecule has 3 nitrogen and oxygen atoms in total. The van der Waals surface area contributed by atoms with Crippen LogP contribution in [0.5, 0.6) is 0 Å². The quantitative estimate of drug-likeness (QED) is 0.911. The maximum atomic E-state index is 12.3. The Labute approximate surface area is 114 Å². The lowest BCUT2D eigenvalue weighted by Gasteiger charge is -2.34. The number of rotatable bonds is 2. The van der Waals surface area contributed by atoms with Gasteiger partial charge in [-0.15, -0.1) is 11.3 Å². The molecule has 17 heavy (non-hydrogen) atoms. The average Bonchev–Trinajstić information content (AvgIpc) is 2.75. The molecule has 2 rings (SSSR count). The fourth-order valence-electron chi connectivity index (χ4n) is 2.21. The van der Waals surface area contributed by atoms with Crippen LogP contribution >= 0.6 is 27.3 Å². The van der Waals surface area contributed by atoms with Crippen LogP contribution in [0.2, 0.25) is 0 Å². The third-order valence-corrected chi connectivity index (χ3v) is 4.88. The van der Waals surface area contributed by atoms with Crippen molar-refractivity contribution < 1.29 is 4.79 Å². The molecule has 0 spiro atoms. The lowest BCUT2D eigenvalue weighted by atomic mass is 9.92. The van der Waals surface area contributed by atoms with Gasteiger partial charge in [0.15, 0.2) is 0 Å². The zero-order valence-corrected chi connectivity index (χ0v) is 12.3. The molecule has 0 radical (unpaired) electrons. The summed E-state index contributed by atoms with van der Waals surface area (Å²) in [5.41, 5.74) is 5.93. The van der Waals surface area contributed by atoms with Crippen molar-refractivity contribution in [1.29, 1.82) is 0 Å². The Balaban J connectivity index is 2.04. The van der Waals surface area contributed by atoms with E-state index in [9.17, 15) is 4.79 Å². The van der Waals surface area contributed by atoms with Gasteiger partial charge in [-0.2, -0.15) is 0 Å². The Bertz CT molecular complexity index is 405. The van der Waals surface area contributed by atoms with E-state index in [4.69, 9.17) is 5.73 Å². The van der Waals surface area contributed by atoms with Crippen LogP contribution in [0, 0.1) is 5.92 Å². The van der Waals surface area contributed by atoms with Crippen LogP contribution in [0.4, 0.5) is 0 Å². The molecule has 1 amide bonds. The maximum Gasteiger partial charge on any atom is 0.263 e. The lowest BCUT2D eigenvalue weighted by Crippen LogP contribution is -2.44. The van der Waals surface area contributed by atoms with Gasteiger partial charge >= 0.3 is 0 Å². The SMILES string of the molecule is C[C@@H](N)[C@@H]1CCCN(C(=O)c2ccc(Br)s2)C1. The highest BCUT2D eigenvalue weighted by atomic mass is 79.9. The zero-order chi connectivity index (χ0) is 12.4. The second-order valence-electron chi connectivity index (χ2n) is 4.62. The molecule has 1 aliphatic rings. The van der Waals surface area contributed by atoms with E-state index in [-0.39, 0.29) is 11.9 Å². The van der Waals surface area contributed by atoms with E-state index in [0.29, 0.717) is 5.92 Å². The van der Waals surface area contributed by atoms with Gasteiger partial charge < -0.3 is 10.6 Å². The van der Waals surface area contributed by atoms with Gasteiger partial charge in [0.2, 0.25) is 0 Å². The monoisotopic (exact) mass is 316 g/mol. The molecule has 1 aromatic heterocycles. The summed E-state index contributed by atoms with van der Waals surface area (Å²) in [6.45, 7) is 3.68. The minimum atomic E-state index is 0.144. The van der Waals surface area contributed by atoms with E-state index in [1.54, 1.807) is 0 Å². The number of hydrogen-bond acceptors (Lipinski definition) is 3. The van der Waals surface area contributed by atoms with E-state index in [1.807, 2.05) is 24.0 Å². The summed E-state index contributed by atoms with van der Waals surface area (Å²) < 4.78 is 1.00. The Morgan fingerprint density at radius 3 is 3.00 bits per heavy atom. The second-order valence-corrected chi connectivity index (χ2v) is 7.08. The molecule has 0 saturated carbocycles. The minimum absolute atomic E-state index is 0.144. The third-order valence-electron chi connectivity index (χ3n) is 3.27. The van der Waals surface area contributed by atoms with Gasteiger partial charge in [-0.25, -0.2) is 0 Å².